The maximum Gasteiger partial charge on any atom is 0.254 e. The average molecular weight is 420 g/mol. The molecule has 8 nitrogen and oxygen atoms in total. The monoisotopic (exact) mass is 419 g/mol. The normalized spacial score (nSPS) is 24.1. The number of carbonyl (C=O) groups is 1. The molecular weight excluding hydrogens is 394 g/mol. The average Bonchev–Trinajstić information content (AvgIpc) is 3.14. The van der Waals surface area contributed by atoms with Crippen molar-refractivity contribution in [3.05, 3.63) is 17.7 Å². The van der Waals surface area contributed by atoms with Crippen LogP contribution in [0.5, 0.6) is 11.5 Å². The number of nitrogens with zero attached hydrogens (tertiary/aromatic N) is 1. The van der Waals surface area contributed by atoms with Crippen LogP contribution in [0.1, 0.15) is 23.2 Å². The molecule has 2 fully saturated rings. The summed E-state index contributed by atoms with van der Waals surface area (Å²) in [6, 6.07) is 3.20. The number of nitrogens with one attached hydrogen (secondary N) is 1. The van der Waals surface area contributed by atoms with E-state index in [2.05, 4.69) is 4.72 Å². The van der Waals surface area contributed by atoms with E-state index in [0.717, 1.165) is 19.1 Å². The lowest BCUT2D eigenvalue weighted by atomic mass is 9.98. The molecule has 0 radical (unpaired) electrons. The molecule has 10 heteroatoms. The van der Waals surface area contributed by atoms with Crippen LogP contribution in [0.4, 0.5) is 5.69 Å². The molecule has 1 aromatic rings. The SMILES string of the molecule is COc1cc(C(=O)N2CC3CCC(N)C3C2)cc(NS(C)(=O)=O)c1OC.Cl. The summed E-state index contributed by atoms with van der Waals surface area (Å²) in [7, 11) is -0.690. The Labute approximate surface area is 165 Å². The smallest absolute Gasteiger partial charge is 0.254 e. The first-order valence-electron chi connectivity index (χ1n) is 8.52. The van der Waals surface area contributed by atoms with Crippen molar-refractivity contribution in [2.45, 2.75) is 18.9 Å². The molecule has 2 aliphatic rings. The van der Waals surface area contributed by atoms with Gasteiger partial charge in [-0.2, -0.15) is 0 Å². The molecule has 0 spiro atoms. The molecule has 27 heavy (non-hydrogen) atoms. The Morgan fingerprint density at radius 1 is 1.22 bits per heavy atom. The van der Waals surface area contributed by atoms with E-state index in [1.807, 2.05) is 0 Å². The first kappa shape index (κ1) is 21.6. The van der Waals surface area contributed by atoms with E-state index in [0.29, 0.717) is 36.2 Å². The van der Waals surface area contributed by atoms with Gasteiger partial charge in [0.2, 0.25) is 10.0 Å². The highest BCUT2D eigenvalue weighted by Crippen LogP contribution is 2.40. The van der Waals surface area contributed by atoms with Gasteiger partial charge in [-0.05, 0) is 36.8 Å². The number of hydrogen-bond donors (Lipinski definition) is 2. The van der Waals surface area contributed by atoms with Gasteiger partial charge in [0.05, 0.1) is 26.2 Å². The van der Waals surface area contributed by atoms with Gasteiger partial charge in [-0.3, -0.25) is 9.52 Å². The Kier molecular flexibility index (Phi) is 6.49. The molecular formula is C17H26ClN3O5S. The Morgan fingerprint density at radius 2 is 1.93 bits per heavy atom. The molecule has 3 atom stereocenters. The van der Waals surface area contributed by atoms with Crippen LogP contribution in [0.3, 0.4) is 0 Å². The van der Waals surface area contributed by atoms with Crippen molar-refractivity contribution in [3.63, 3.8) is 0 Å². The standard InChI is InChI=1S/C17H25N3O5S.ClH/c1-24-15-7-11(6-14(16(15)25-2)19-26(3,22)23)17(21)20-8-10-4-5-13(18)12(10)9-20;/h6-7,10,12-13,19H,4-5,8-9,18H2,1-3H3;1H. The van der Waals surface area contributed by atoms with E-state index >= 15 is 0 Å². The highest BCUT2D eigenvalue weighted by atomic mass is 35.5. The van der Waals surface area contributed by atoms with E-state index in [4.69, 9.17) is 15.2 Å². The van der Waals surface area contributed by atoms with Crippen LogP contribution in [0, 0.1) is 11.8 Å². The van der Waals surface area contributed by atoms with Crippen LogP contribution in [0.25, 0.3) is 0 Å². The number of sulfonamides is 1. The summed E-state index contributed by atoms with van der Waals surface area (Å²) in [5.41, 5.74) is 6.67. The number of halogens is 1. The highest BCUT2D eigenvalue weighted by Gasteiger charge is 2.42. The van der Waals surface area contributed by atoms with Crippen LogP contribution >= 0.6 is 12.4 Å². The van der Waals surface area contributed by atoms with Gasteiger partial charge in [-0.15, -0.1) is 12.4 Å². The fraction of sp³-hybridized carbons (Fsp3) is 0.588. The van der Waals surface area contributed by atoms with Crippen molar-refractivity contribution in [3.8, 4) is 11.5 Å². The summed E-state index contributed by atoms with van der Waals surface area (Å²) in [5.74, 6) is 1.15. The minimum atomic E-state index is -3.54. The lowest BCUT2D eigenvalue weighted by molar-refractivity contribution is 0.0779. The van der Waals surface area contributed by atoms with Crippen LogP contribution in [0.15, 0.2) is 12.1 Å². The highest BCUT2D eigenvalue weighted by molar-refractivity contribution is 7.92. The topological polar surface area (TPSA) is 111 Å². The van der Waals surface area contributed by atoms with Crippen LogP contribution in [0.2, 0.25) is 0 Å². The van der Waals surface area contributed by atoms with E-state index in [9.17, 15) is 13.2 Å². The van der Waals surface area contributed by atoms with Crippen molar-refractivity contribution in [1.29, 1.82) is 0 Å². The van der Waals surface area contributed by atoms with Crippen LogP contribution < -0.4 is 19.9 Å². The Hall–Kier alpha value is -1.71. The predicted octanol–water partition coefficient (Wildman–Crippen LogP) is 1.31. The molecule has 3 unspecified atom stereocenters. The maximum absolute atomic E-state index is 13.0. The number of carbonyl (C=O) groups excluding carboxylic acids is 1. The quantitative estimate of drug-likeness (QED) is 0.744. The van der Waals surface area contributed by atoms with Gasteiger partial charge in [0.15, 0.2) is 11.5 Å². The van der Waals surface area contributed by atoms with Gasteiger partial charge in [0, 0.05) is 24.7 Å². The maximum atomic E-state index is 13.0. The molecule has 1 saturated heterocycles. The summed E-state index contributed by atoms with van der Waals surface area (Å²) in [5, 5.41) is 0. The second-order valence-corrected chi connectivity index (χ2v) is 8.76. The van der Waals surface area contributed by atoms with Gasteiger partial charge in [-0.1, -0.05) is 0 Å². The molecule has 1 aromatic carbocycles. The number of fused-ring (bicyclic) bond motifs is 1. The van der Waals surface area contributed by atoms with Gasteiger partial charge < -0.3 is 20.1 Å². The third kappa shape index (κ3) is 4.41. The summed E-state index contributed by atoms with van der Waals surface area (Å²) in [4.78, 5) is 14.8. The zero-order chi connectivity index (χ0) is 19.1. The minimum Gasteiger partial charge on any atom is -0.493 e. The predicted molar refractivity (Wildman–Crippen MR) is 105 cm³/mol. The number of anilines is 1. The van der Waals surface area contributed by atoms with E-state index in [-0.39, 0.29) is 35.8 Å². The molecule has 1 aliphatic carbocycles. The van der Waals surface area contributed by atoms with E-state index in [1.165, 1.54) is 20.3 Å². The molecule has 1 saturated carbocycles. The van der Waals surface area contributed by atoms with Gasteiger partial charge >= 0.3 is 0 Å². The number of nitrogens with two attached hydrogens (primary N) is 1. The first-order valence-corrected chi connectivity index (χ1v) is 10.4. The minimum absolute atomic E-state index is 0. The second-order valence-electron chi connectivity index (χ2n) is 7.01. The van der Waals surface area contributed by atoms with Crippen molar-refractivity contribution in [1.82, 2.24) is 4.90 Å². The van der Waals surface area contributed by atoms with Crippen molar-refractivity contribution >= 4 is 34.0 Å². The van der Waals surface area contributed by atoms with Gasteiger partial charge in [0.1, 0.15) is 0 Å². The Morgan fingerprint density at radius 3 is 2.48 bits per heavy atom. The lowest BCUT2D eigenvalue weighted by Gasteiger charge is -2.21. The van der Waals surface area contributed by atoms with Crippen LogP contribution in [-0.4, -0.2) is 58.8 Å². The summed E-state index contributed by atoms with van der Waals surface area (Å²) in [6.45, 7) is 1.31. The molecule has 0 bridgehead atoms. The molecule has 1 aliphatic heterocycles. The van der Waals surface area contributed by atoms with E-state index < -0.39 is 10.0 Å². The van der Waals surface area contributed by atoms with Gasteiger partial charge in [0.25, 0.3) is 5.91 Å². The molecule has 1 amide bonds. The molecule has 3 rings (SSSR count). The third-order valence-corrected chi connectivity index (χ3v) is 5.81. The Balaban J connectivity index is 0.00000261. The zero-order valence-corrected chi connectivity index (χ0v) is 17.2. The summed E-state index contributed by atoms with van der Waals surface area (Å²) in [6.07, 6.45) is 3.09. The number of likely N-dealkylation sites (tertiary alicyclic amines) is 1. The molecule has 0 aromatic heterocycles. The second kappa shape index (κ2) is 8.12. The third-order valence-electron chi connectivity index (χ3n) is 5.22. The number of benzene rings is 1. The number of ether oxygens (including phenoxy) is 2. The first-order chi connectivity index (χ1) is 12.2. The van der Waals surface area contributed by atoms with Crippen LogP contribution in [-0.2, 0) is 10.0 Å². The fourth-order valence-corrected chi connectivity index (χ4v) is 4.57. The number of amides is 1. The molecule has 3 N–H and O–H groups in total. The summed E-state index contributed by atoms with van der Waals surface area (Å²) >= 11 is 0. The molecule has 152 valence electrons. The van der Waals surface area contributed by atoms with Crippen molar-refractivity contribution in [2.24, 2.45) is 17.6 Å². The van der Waals surface area contributed by atoms with E-state index in [1.54, 1.807) is 11.0 Å². The lowest BCUT2D eigenvalue weighted by Crippen LogP contribution is -2.33. The Bertz CT molecular complexity index is 817. The van der Waals surface area contributed by atoms with Crippen molar-refractivity contribution < 1.29 is 22.7 Å². The largest absolute Gasteiger partial charge is 0.493 e. The summed E-state index contributed by atoms with van der Waals surface area (Å²) < 4.78 is 36.2. The zero-order valence-electron chi connectivity index (χ0n) is 15.6. The number of hydrogen-bond acceptors (Lipinski definition) is 6. The fourth-order valence-electron chi connectivity index (χ4n) is 4.02. The molecule has 1 heterocycles. The number of methoxy groups -OCH3 is 2. The van der Waals surface area contributed by atoms with Gasteiger partial charge in [-0.25, -0.2) is 8.42 Å². The van der Waals surface area contributed by atoms with Crippen molar-refractivity contribution in [2.75, 3.05) is 38.3 Å². The number of rotatable bonds is 5.